The largest absolute Gasteiger partial charge is 0.478 e. The second-order valence-electron chi connectivity index (χ2n) is 4.73. The van der Waals surface area contributed by atoms with Crippen LogP contribution < -0.4 is 4.90 Å². The van der Waals surface area contributed by atoms with E-state index < -0.39 is 11.8 Å². The maximum Gasteiger partial charge on any atom is 0.340 e. The lowest BCUT2D eigenvalue weighted by Gasteiger charge is -2.27. The van der Waals surface area contributed by atoms with Gasteiger partial charge in [0.2, 0.25) is 0 Å². The highest BCUT2D eigenvalue weighted by Crippen LogP contribution is 2.23. The fourth-order valence-electron chi connectivity index (χ4n) is 1.93. The van der Waals surface area contributed by atoms with Crippen molar-refractivity contribution < 1.29 is 14.3 Å². The van der Waals surface area contributed by atoms with E-state index >= 15 is 0 Å². The lowest BCUT2D eigenvalue weighted by atomic mass is 10.1. The Morgan fingerprint density at radius 2 is 1.95 bits per heavy atom. The van der Waals surface area contributed by atoms with Crippen LogP contribution >= 0.6 is 0 Å². The van der Waals surface area contributed by atoms with Crippen LogP contribution in [0.4, 0.5) is 10.1 Å². The summed E-state index contributed by atoms with van der Waals surface area (Å²) in [4.78, 5) is 15.2. The Labute approximate surface area is 113 Å². The molecule has 0 amide bonds. The Kier molecular flexibility index (Phi) is 5.76. The molecule has 0 saturated carbocycles. The first-order valence-corrected chi connectivity index (χ1v) is 6.38. The normalized spacial score (nSPS) is 10.8. The van der Waals surface area contributed by atoms with Gasteiger partial charge in [-0.25, -0.2) is 9.18 Å². The fraction of sp³-hybridized carbons (Fsp3) is 0.500. The highest BCUT2D eigenvalue weighted by molar-refractivity contribution is 5.94. The molecule has 1 aromatic rings. The average Bonchev–Trinajstić information content (AvgIpc) is 2.33. The highest BCUT2D eigenvalue weighted by atomic mass is 19.1. The van der Waals surface area contributed by atoms with Crippen molar-refractivity contribution in [2.24, 2.45) is 0 Å². The molecule has 0 aliphatic carbocycles. The van der Waals surface area contributed by atoms with Gasteiger partial charge in [-0.3, -0.25) is 0 Å². The molecule has 1 rings (SSSR count). The number of halogens is 1. The molecule has 0 heterocycles. The van der Waals surface area contributed by atoms with Gasteiger partial charge in [-0.05, 0) is 32.6 Å². The van der Waals surface area contributed by atoms with Gasteiger partial charge in [-0.1, -0.05) is 13.0 Å². The molecule has 0 unspecified atom stereocenters. The molecule has 0 atom stereocenters. The molecular weight excluding hydrogens is 247 g/mol. The number of hydrogen-bond donors (Lipinski definition) is 1. The standard InChI is InChI=1S/C14H21FN2O2/c1-4-8-17(10-9-16(2)3)12-7-5-6-11(15)13(12)14(18)19/h5-7H,4,8-10H2,1-3H3,(H,18,19). The van der Waals surface area contributed by atoms with Crippen molar-refractivity contribution in [3.05, 3.63) is 29.6 Å². The number of carbonyl (C=O) groups is 1. The van der Waals surface area contributed by atoms with E-state index in [1.165, 1.54) is 6.07 Å². The molecule has 0 bridgehead atoms. The smallest absolute Gasteiger partial charge is 0.340 e. The Hall–Kier alpha value is -1.62. The first-order chi connectivity index (χ1) is 8.97. The predicted molar refractivity (Wildman–Crippen MR) is 74.4 cm³/mol. The van der Waals surface area contributed by atoms with Crippen molar-refractivity contribution in [1.82, 2.24) is 4.90 Å². The highest BCUT2D eigenvalue weighted by Gasteiger charge is 2.19. The molecule has 0 spiro atoms. The third-order valence-corrected chi connectivity index (χ3v) is 2.86. The van der Waals surface area contributed by atoms with Crippen molar-refractivity contribution in [3.8, 4) is 0 Å². The fourth-order valence-corrected chi connectivity index (χ4v) is 1.93. The quantitative estimate of drug-likeness (QED) is 0.824. The van der Waals surface area contributed by atoms with Gasteiger partial charge >= 0.3 is 5.97 Å². The van der Waals surface area contributed by atoms with Crippen LogP contribution in [-0.2, 0) is 0 Å². The van der Waals surface area contributed by atoms with Crippen molar-refractivity contribution in [2.75, 3.05) is 38.6 Å². The number of benzene rings is 1. The summed E-state index contributed by atoms with van der Waals surface area (Å²) in [7, 11) is 3.90. The number of likely N-dealkylation sites (N-methyl/N-ethyl adjacent to an activating group) is 1. The zero-order chi connectivity index (χ0) is 14.4. The molecule has 0 radical (unpaired) electrons. The van der Waals surface area contributed by atoms with Gasteiger partial charge < -0.3 is 14.9 Å². The van der Waals surface area contributed by atoms with Gasteiger partial charge in [0.15, 0.2) is 0 Å². The van der Waals surface area contributed by atoms with Crippen molar-refractivity contribution in [2.45, 2.75) is 13.3 Å². The molecular formula is C14H21FN2O2. The Morgan fingerprint density at radius 1 is 1.26 bits per heavy atom. The van der Waals surface area contributed by atoms with Crippen molar-refractivity contribution in [1.29, 1.82) is 0 Å². The van der Waals surface area contributed by atoms with Crippen LogP contribution in [0.2, 0.25) is 0 Å². The van der Waals surface area contributed by atoms with Crippen LogP contribution in [0.3, 0.4) is 0 Å². The second-order valence-corrected chi connectivity index (χ2v) is 4.73. The average molecular weight is 268 g/mol. The molecule has 1 aromatic carbocycles. The van der Waals surface area contributed by atoms with Crippen LogP contribution in [0.15, 0.2) is 18.2 Å². The number of carboxylic acids is 1. The van der Waals surface area contributed by atoms with Gasteiger partial charge in [0.25, 0.3) is 0 Å². The molecule has 0 aliphatic heterocycles. The lowest BCUT2D eigenvalue weighted by Crippen LogP contribution is -2.33. The van der Waals surface area contributed by atoms with E-state index in [0.29, 0.717) is 18.8 Å². The number of hydrogen-bond acceptors (Lipinski definition) is 3. The summed E-state index contributed by atoms with van der Waals surface area (Å²) in [6.07, 6.45) is 0.878. The van der Waals surface area contributed by atoms with Gasteiger partial charge in [0, 0.05) is 19.6 Å². The van der Waals surface area contributed by atoms with Gasteiger partial charge in [-0.2, -0.15) is 0 Å². The lowest BCUT2D eigenvalue weighted by molar-refractivity contribution is 0.0692. The SMILES string of the molecule is CCCN(CCN(C)C)c1cccc(F)c1C(=O)O. The summed E-state index contributed by atoms with van der Waals surface area (Å²) in [6.45, 7) is 4.18. The van der Waals surface area contributed by atoms with E-state index in [0.717, 1.165) is 13.0 Å². The second kappa shape index (κ2) is 7.09. The minimum Gasteiger partial charge on any atom is -0.478 e. The maximum atomic E-state index is 13.7. The predicted octanol–water partition coefficient (Wildman–Crippen LogP) is 2.30. The zero-order valence-corrected chi connectivity index (χ0v) is 11.7. The monoisotopic (exact) mass is 268 g/mol. The van der Waals surface area contributed by atoms with Crippen LogP contribution in [0, 0.1) is 5.82 Å². The molecule has 0 saturated heterocycles. The molecule has 0 aliphatic rings. The zero-order valence-electron chi connectivity index (χ0n) is 11.7. The molecule has 4 nitrogen and oxygen atoms in total. The van der Waals surface area contributed by atoms with Gasteiger partial charge in [0.1, 0.15) is 11.4 Å². The van der Waals surface area contributed by atoms with E-state index in [2.05, 4.69) is 0 Å². The van der Waals surface area contributed by atoms with E-state index in [9.17, 15) is 9.18 Å². The minimum atomic E-state index is -1.22. The molecule has 5 heteroatoms. The first-order valence-electron chi connectivity index (χ1n) is 6.38. The summed E-state index contributed by atoms with van der Waals surface area (Å²) < 4.78 is 13.7. The molecule has 0 aromatic heterocycles. The minimum absolute atomic E-state index is 0.241. The van der Waals surface area contributed by atoms with E-state index in [4.69, 9.17) is 5.11 Å². The summed E-state index contributed by atoms with van der Waals surface area (Å²) in [6, 6.07) is 4.40. The van der Waals surface area contributed by atoms with Crippen molar-refractivity contribution >= 4 is 11.7 Å². The van der Waals surface area contributed by atoms with E-state index in [1.807, 2.05) is 30.8 Å². The van der Waals surface area contributed by atoms with Gasteiger partial charge in [0.05, 0.1) is 5.69 Å². The van der Waals surface area contributed by atoms with Crippen LogP contribution in [-0.4, -0.2) is 49.7 Å². The third kappa shape index (κ3) is 4.21. The van der Waals surface area contributed by atoms with Crippen LogP contribution in [0.5, 0.6) is 0 Å². The molecule has 106 valence electrons. The molecule has 19 heavy (non-hydrogen) atoms. The maximum absolute atomic E-state index is 13.7. The number of rotatable bonds is 7. The van der Waals surface area contributed by atoms with E-state index in [-0.39, 0.29) is 5.56 Å². The Bertz CT molecular complexity index is 435. The topological polar surface area (TPSA) is 43.8 Å². The van der Waals surface area contributed by atoms with Crippen molar-refractivity contribution in [3.63, 3.8) is 0 Å². The van der Waals surface area contributed by atoms with Crippen LogP contribution in [0.25, 0.3) is 0 Å². The number of anilines is 1. The van der Waals surface area contributed by atoms with E-state index in [1.54, 1.807) is 12.1 Å². The number of nitrogens with zero attached hydrogens (tertiary/aromatic N) is 2. The van der Waals surface area contributed by atoms with Gasteiger partial charge in [-0.15, -0.1) is 0 Å². The Morgan fingerprint density at radius 3 is 2.47 bits per heavy atom. The number of carboxylic acid groups (broad SMARTS) is 1. The summed E-state index contributed by atoms with van der Waals surface area (Å²) in [5.74, 6) is -1.91. The Balaban J connectivity index is 3.07. The summed E-state index contributed by atoms with van der Waals surface area (Å²) in [5.41, 5.74) is 0.214. The number of aromatic carboxylic acids is 1. The third-order valence-electron chi connectivity index (χ3n) is 2.86. The molecule has 1 N–H and O–H groups in total. The molecule has 0 fully saturated rings. The summed E-state index contributed by atoms with van der Waals surface area (Å²) >= 11 is 0. The van der Waals surface area contributed by atoms with Crippen LogP contribution in [0.1, 0.15) is 23.7 Å². The first kappa shape index (κ1) is 15.4. The summed E-state index contributed by atoms with van der Waals surface area (Å²) in [5, 5.41) is 9.16.